The number of alkyl halides is 3. The number of ether oxygens (including phenoxy) is 1. The van der Waals surface area contributed by atoms with E-state index in [0.717, 1.165) is 11.3 Å². The summed E-state index contributed by atoms with van der Waals surface area (Å²) in [6, 6.07) is 4.28. The second-order valence-electron chi connectivity index (χ2n) is 2.62. The van der Waals surface area contributed by atoms with Crippen molar-refractivity contribution >= 4 is 33.2 Å². The first-order valence-electron chi connectivity index (χ1n) is 3.76. The van der Waals surface area contributed by atoms with Gasteiger partial charge in [-0.3, -0.25) is 0 Å². The Morgan fingerprint density at radius 2 is 2.07 bits per heavy atom. The smallest absolute Gasteiger partial charge is 0.403 e. The molecule has 1 aromatic heterocycles. The summed E-state index contributed by atoms with van der Waals surface area (Å²) in [5.74, 6) is -0.330. The van der Waals surface area contributed by atoms with Crippen molar-refractivity contribution in [1.29, 1.82) is 0 Å². The number of thiazole rings is 1. The lowest BCUT2D eigenvalue weighted by Gasteiger charge is -2.08. The third-order valence-electron chi connectivity index (χ3n) is 1.58. The van der Waals surface area contributed by atoms with Crippen LogP contribution in [-0.2, 0) is 0 Å². The Kier molecular flexibility index (Phi) is 2.47. The maximum Gasteiger partial charge on any atom is 0.573 e. The molecule has 1 aromatic carbocycles. The number of halogens is 4. The molecule has 2 rings (SSSR count). The molecule has 0 N–H and O–H groups in total. The highest BCUT2D eigenvalue weighted by Gasteiger charge is 2.32. The van der Waals surface area contributed by atoms with Crippen molar-refractivity contribution in [2.75, 3.05) is 0 Å². The van der Waals surface area contributed by atoms with Crippen LogP contribution in [0, 0.1) is 0 Å². The van der Waals surface area contributed by atoms with Crippen molar-refractivity contribution < 1.29 is 17.9 Å². The fraction of sp³-hybridized carbons (Fsp3) is 0.125. The third kappa shape index (κ3) is 2.32. The van der Waals surface area contributed by atoms with Gasteiger partial charge in [0.1, 0.15) is 5.52 Å². The van der Waals surface area contributed by atoms with Gasteiger partial charge in [0, 0.05) is 0 Å². The van der Waals surface area contributed by atoms with Crippen molar-refractivity contribution in [2.45, 2.75) is 6.36 Å². The van der Waals surface area contributed by atoms with Crippen LogP contribution >= 0.6 is 22.9 Å². The average molecular weight is 254 g/mol. The highest BCUT2D eigenvalue weighted by atomic mass is 35.5. The van der Waals surface area contributed by atoms with Gasteiger partial charge in [0.15, 0.2) is 10.2 Å². The normalized spacial score (nSPS) is 12.0. The second kappa shape index (κ2) is 3.53. The fourth-order valence-electron chi connectivity index (χ4n) is 1.10. The molecule has 7 heteroatoms. The van der Waals surface area contributed by atoms with E-state index in [1.807, 2.05) is 0 Å². The minimum atomic E-state index is -4.72. The SMILES string of the molecule is FC(F)(F)Oc1cccc2sc(Cl)nc12. The first-order chi connectivity index (χ1) is 6.96. The van der Waals surface area contributed by atoms with E-state index in [1.54, 1.807) is 6.07 Å². The molecule has 0 radical (unpaired) electrons. The van der Waals surface area contributed by atoms with E-state index in [0.29, 0.717) is 4.70 Å². The number of benzene rings is 1. The summed E-state index contributed by atoms with van der Waals surface area (Å²) in [5, 5.41) is 0. The molecule has 15 heavy (non-hydrogen) atoms. The Hall–Kier alpha value is -1.01. The van der Waals surface area contributed by atoms with Gasteiger partial charge in [-0.15, -0.1) is 24.5 Å². The van der Waals surface area contributed by atoms with Crippen LogP contribution in [0.1, 0.15) is 0 Å². The van der Waals surface area contributed by atoms with Crippen LogP contribution in [0.2, 0.25) is 4.47 Å². The summed E-state index contributed by atoms with van der Waals surface area (Å²) < 4.78 is 40.5. The third-order valence-corrected chi connectivity index (χ3v) is 2.71. The number of fused-ring (bicyclic) bond motifs is 1. The molecule has 0 amide bonds. The highest BCUT2D eigenvalue weighted by molar-refractivity contribution is 7.22. The van der Waals surface area contributed by atoms with E-state index >= 15 is 0 Å². The lowest BCUT2D eigenvalue weighted by Crippen LogP contribution is -2.17. The molecule has 2 aromatic rings. The van der Waals surface area contributed by atoms with Crippen molar-refractivity contribution in [1.82, 2.24) is 4.98 Å². The van der Waals surface area contributed by atoms with Crippen LogP contribution in [0.5, 0.6) is 5.75 Å². The molecule has 2 nitrogen and oxygen atoms in total. The first-order valence-corrected chi connectivity index (χ1v) is 4.96. The lowest BCUT2D eigenvalue weighted by molar-refractivity contribution is -0.274. The van der Waals surface area contributed by atoms with E-state index in [4.69, 9.17) is 11.6 Å². The van der Waals surface area contributed by atoms with Gasteiger partial charge in [0.2, 0.25) is 0 Å². The number of aromatic nitrogens is 1. The molecular formula is C8H3ClF3NOS. The summed E-state index contributed by atoms with van der Waals surface area (Å²) in [4.78, 5) is 3.76. The molecule has 0 saturated heterocycles. The largest absolute Gasteiger partial charge is 0.573 e. The Balaban J connectivity index is 2.51. The molecule has 0 spiro atoms. The van der Waals surface area contributed by atoms with E-state index in [2.05, 4.69) is 9.72 Å². The van der Waals surface area contributed by atoms with E-state index in [9.17, 15) is 13.2 Å². The van der Waals surface area contributed by atoms with E-state index in [-0.39, 0.29) is 15.7 Å². The van der Waals surface area contributed by atoms with Gasteiger partial charge in [-0.25, -0.2) is 4.98 Å². The van der Waals surface area contributed by atoms with Gasteiger partial charge >= 0.3 is 6.36 Å². The van der Waals surface area contributed by atoms with Crippen LogP contribution in [0.15, 0.2) is 18.2 Å². The summed E-state index contributed by atoms with van der Waals surface area (Å²) >= 11 is 6.70. The number of rotatable bonds is 1. The van der Waals surface area contributed by atoms with Gasteiger partial charge in [-0.05, 0) is 12.1 Å². The highest BCUT2D eigenvalue weighted by Crippen LogP contribution is 2.34. The zero-order valence-electron chi connectivity index (χ0n) is 7.01. The average Bonchev–Trinajstić information content (AvgIpc) is 2.43. The molecule has 0 aliphatic heterocycles. The molecule has 0 aliphatic rings. The number of hydrogen-bond donors (Lipinski definition) is 0. The summed E-state index contributed by atoms with van der Waals surface area (Å²) in [5.41, 5.74) is 0.129. The van der Waals surface area contributed by atoms with Crippen LogP contribution in [0.3, 0.4) is 0 Å². The second-order valence-corrected chi connectivity index (χ2v) is 4.23. The molecule has 80 valence electrons. The first kappa shape index (κ1) is 10.5. The Bertz CT molecular complexity index is 496. The summed E-state index contributed by atoms with van der Waals surface area (Å²) in [6.45, 7) is 0. The zero-order valence-corrected chi connectivity index (χ0v) is 8.58. The molecule has 0 bridgehead atoms. The minimum absolute atomic E-state index is 0.129. The van der Waals surface area contributed by atoms with Crippen LogP contribution < -0.4 is 4.74 Å². The molecule has 0 aliphatic carbocycles. The summed E-state index contributed by atoms with van der Waals surface area (Å²) in [7, 11) is 0. The predicted octanol–water partition coefficient (Wildman–Crippen LogP) is 3.85. The van der Waals surface area contributed by atoms with Crippen molar-refractivity contribution in [2.24, 2.45) is 0 Å². The zero-order chi connectivity index (χ0) is 11.1. The van der Waals surface area contributed by atoms with Gasteiger partial charge in [0.25, 0.3) is 0 Å². The monoisotopic (exact) mass is 253 g/mol. The molecule has 0 atom stereocenters. The molecule has 0 fully saturated rings. The van der Waals surface area contributed by atoms with E-state index in [1.165, 1.54) is 12.1 Å². The van der Waals surface area contributed by atoms with Crippen molar-refractivity contribution in [3.8, 4) is 5.75 Å². The summed E-state index contributed by atoms with van der Waals surface area (Å²) in [6.07, 6.45) is -4.72. The van der Waals surface area contributed by atoms with Crippen LogP contribution in [-0.4, -0.2) is 11.3 Å². The van der Waals surface area contributed by atoms with Crippen molar-refractivity contribution in [3.63, 3.8) is 0 Å². The molecule has 0 unspecified atom stereocenters. The topological polar surface area (TPSA) is 22.1 Å². The Morgan fingerprint density at radius 1 is 1.33 bits per heavy atom. The maximum atomic E-state index is 12.0. The van der Waals surface area contributed by atoms with Gasteiger partial charge < -0.3 is 4.74 Å². The number of nitrogens with zero attached hydrogens (tertiary/aromatic N) is 1. The standard InChI is InChI=1S/C8H3ClF3NOS/c9-7-13-6-4(14-8(10,11)12)2-1-3-5(6)15-7/h1-3H. The fourth-order valence-corrected chi connectivity index (χ4v) is 2.15. The van der Waals surface area contributed by atoms with Gasteiger partial charge in [-0.2, -0.15) is 0 Å². The number of hydrogen-bond acceptors (Lipinski definition) is 3. The van der Waals surface area contributed by atoms with Crippen molar-refractivity contribution in [3.05, 3.63) is 22.7 Å². The molecule has 0 saturated carbocycles. The molecule has 1 heterocycles. The Labute approximate surface area is 91.3 Å². The van der Waals surface area contributed by atoms with Crippen LogP contribution in [0.25, 0.3) is 10.2 Å². The quantitative estimate of drug-likeness (QED) is 0.770. The maximum absolute atomic E-state index is 12.0. The predicted molar refractivity (Wildman–Crippen MR) is 51.3 cm³/mol. The Morgan fingerprint density at radius 3 is 2.73 bits per heavy atom. The van der Waals surface area contributed by atoms with Gasteiger partial charge in [-0.1, -0.05) is 17.7 Å². The number of para-hydroxylation sites is 1. The van der Waals surface area contributed by atoms with Crippen LogP contribution in [0.4, 0.5) is 13.2 Å². The molecular weight excluding hydrogens is 251 g/mol. The van der Waals surface area contributed by atoms with Gasteiger partial charge in [0.05, 0.1) is 4.70 Å². The lowest BCUT2D eigenvalue weighted by atomic mass is 10.3. The minimum Gasteiger partial charge on any atom is -0.403 e. The van der Waals surface area contributed by atoms with E-state index < -0.39 is 6.36 Å².